The van der Waals surface area contributed by atoms with Gasteiger partial charge in [0.2, 0.25) is 53.2 Å². The number of aromatic nitrogens is 1. The predicted octanol–water partition coefficient (Wildman–Crippen LogP) is -2.55. The lowest BCUT2D eigenvalue weighted by Crippen LogP contribution is -2.60. The summed E-state index contributed by atoms with van der Waals surface area (Å²) in [6, 6.07) is 6.41. The normalized spacial score (nSPS) is 21.7. The van der Waals surface area contributed by atoms with E-state index in [0.29, 0.717) is 23.1 Å². The van der Waals surface area contributed by atoms with Crippen LogP contribution in [0.3, 0.4) is 0 Å². The summed E-state index contributed by atoms with van der Waals surface area (Å²) in [6.07, 6.45) is 1.89. The molecular weight excluding hydrogens is 983 g/mol. The Kier molecular flexibility index (Phi) is 21.9. The zero-order chi connectivity index (χ0) is 55.3. The van der Waals surface area contributed by atoms with Crippen LogP contribution in [0.2, 0.25) is 0 Å². The highest BCUT2D eigenvalue weighted by Gasteiger charge is 2.40. The Balaban J connectivity index is 1.52. The molecule has 2 fully saturated rings. The fourth-order valence-corrected chi connectivity index (χ4v) is 9.03. The van der Waals surface area contributed by atoms with E-state index in [4.69, 9.17) is 28.0 Å². The Hall–Kier alpha value is -8.76. The number of H-pyrrole nitrogens is 1. The molecule has 1 aromatic heterocycles. The predicted molar refractivity (Wildman–Crippen MR) is 278 cm³/mol. The first-order valence-electron chi connectivity index (χ1n) is 25.2. The first-order chi connectivity index (χ1) is 36.3. The number of aromatic amines is 1. The second-order valence-electron chi connectivity index (χ2n) is 18.7. The van der Waals surface area contributed by atoms with Crippen molar-refractivity contribution in [3.05, 3.63) is 71.4 Å². The topological polar surface area (TPSA) is 430 Å². The van der Waals surface area contributed by atoms with Gasteiger partial charge in [-0.2, -0.15) is 5.26 Å². The third-order valence-electron chi connectivity index (χ3n) is 12.9. The lowest BCUT2D eigenvalue weighted by Gasteiger charge is -2.31. The van der Waals surface area contributed by atoms with Gasteiger partial charge in [0, 0.05) is 69.5 Å². The van der Waals surface area contributed by atoms with E-state index in [0.717, 1.165) is 10.9 Å². The van der Waals surface area contributed by atoms with Crippen LogP contribution < -0.4 is 65.1 Å². The van der Waals surface area contributed by atoms with Gasteiger partial charge in [-0.05, 0) is 87.1 Å². The number of para-hydroxylation sites is 1. The minimum absolute atomic E-state index is 0.00423. The molecule has 2 aliphatic rings. The van der Waals surface area contributed by atoms with Crippen molar-refractivity contribution < 1.29 is 43.2 Å². The van der Waals surface area contributed by atoms with Crippen LogP contribution in [0.4, 0.5) is 0 Å². The van der Waals surface area contributed by atoms with Crippen LogP contribution in [0.25, 0.3) is 10.9 Å². The number of fused-ring (bicyclic) bond motifs is 2. The number of nitriles is 1. The second-order valence-corrected chi connectivity index (χ2v) is 18.7. The minimum Gasteiger partial charge on any atom is -0.370 e. The molecule has 0 spiro atoms. The summed E-state index contributed by atoms with van der Waals surface area (Å²) >= 11 is 0. The van der Waals surface area contributed by atoms with Gasteiger partial charge >= 0.3 is 0 Å². The van der Waals surface area contributed by atoms with Crippen LogP contribution in [-0.2, 0) is 56.0 Å². The maximum Gasteiger partial charge on any atom is 0.245 e. The Bertz CT molecular complexity index is 2650. The quantitative estimate of drug-likeness (QED) is 0.0399. The molecule has 0 aliphatic carbocycles. The average Bonchev–Trinajstić information content (AvgIpc) is 4.05. The van der Waals surface area contributed by atoms with Crippen molar-refractivity contribution >= 4 is 76.0 Å². The first-order valence-corrected chi connectivity index (χ1v) is 25.2. The van der Waals surface area contributed by atoms with Gasteiger partial charge in [-0.15, -0.1) is 0 Å². The standard InChI is InChI=1S/C50H69N17O9/c1-28(68)61-35(11-5-21-58-49(53)54)43(71)64-37-18-19-41(69)57-20-4-10-34(42(52)70)62-46(74)39(25-31-27-60-33-9-3-2-8-32(31)33)65-44(72)36(12-6-22-59-50(55)56)63-45(73)38(24-29-14-16-30(26-51)17-15-29)66-47(75)40-13-7-23-67(40)48(37)76/h2-3,8-9,14-17,27,34-40,60H,4-7,10-13,18-25H2,1H3,(H2,52,70)(H,57,69)(H,61,68)(H,62,74)(H,63,73)(H,64,71)(H,65,72)(H,66,75)(H4,53,54,58)(H4,55,56,59)/t34-,35-,36-,37-,38+,39-,40-/m0/s1. The van der Waals surface area contributed by atoms with Gasteiger partial charge in [-0.3, -0.25) is 54.0 Å². The van der Waals surface area contributed by atoms with Gasteiger partial charge < -0.3 is 74.9 Å². The number of carbonyl (C=O) groups excluding carboxylic acids is 9. The highest BCUT2D eigenvalue weighted by atomic mass is 16.2. The molecule has 26 nitrogen and oxygen atoms in total. The number of hydrogen-bond acceptors (Lipinski definition) is 12. The molecule has 3 aromatic rings. The van der Waals surface area contributed by atoms with Crippen molar-refractivity contribution in [2.75, 3.05) is 26.2 Å². The van der Waals surface area contributed by atoms with Crippen molar-refractivity contribution in [2.24, 2.45) is 17.2 Å². The average molecular weight is 1050 g/mol. The number of hydrogen-bond donors (Lipinski definition) is 15. The number of guanidine groups is 2. The zero-order valence-electron chi connectivity index (χ0n) is 42.4. The number of carbonyl (C=O) groups is 9. The number of benzene rings is 2. The summed E-state index contributed by atoms with van der Waals surface area (Å²) in [5.41, 5.74) is 18.9. The van der Waals surface area contributed by atoms with Crippen LogP contribution in [0.1, 0.15) is 87.8 Å². The first kappa shape index (κ1) is 58.1. The van der Waals surface area contributed by atoms with Crippen molar-refractivity contribution in [1.82, 2.24) is 57.7 Å². The number of nitrogens with one attached hydrogen (secondary N) is 12. The monoisotopic (exact) mass is 1050 g/mol. The molecule has 26 heteroatoms. The summed E-state index contributed by atoms with van der Waals surface area (Å²) in [6.45, 7) is 1.57. The summed E-state index contributed by atoms with van der Waals surface area (Å²) in [4.78, 5) is 130. The van der Waals surface area contributed by atoms with E-state index in [1.54, 1.807) is 24.4 Å². The maximum absolute atomic E-state index is 14.7. The fraction of sp³-hybridized carbons (Fsp3) is 0.480. The minimum atomic E-state index is -1.41. The van der Waals surface area contributed by atoms with Crippen molar-refractivity contribution in [3.8, 4) is 6.07 Å². The zero-order valence-corrected chi connectivity index (χ0v) is 42.4. The third-order valence-corrected chi connectivity index (χ3v) is 12.9. The number of nitrogens with two attached hydrogens (primary N) is 3. The smallest absolute Gasteiger partial charge is 0.245 e. The molecule has 0 bridgehead atoms. The molecule has 3 heterocycles. The van der Waals surface area contributed by atoms with Crippen molar-refractivity contribution in [2.45, 2.75) is 126 Å². The number of nitrogens with zero attached hydrogens (tertiary/aromatic N) is 2. The largest absolute Gasteiger partial charge is 0.370 e. The summed E-state index contributed by atoms with van der Waals surface area (Å²) in [5.74, 6) is -7.27. The molecule has 18 N–H and O–H groups in total. The summed E-state index contributed by atoms with van der Waals surface area (Å²) in [7, 11) is 0. The van der Waals surface area contributed by atoms with Crippen LogP contribution in [-0.4, -0.2) is 143 Å². The molecule has 0 saturated carbocycles. The van der Waals surface area contributed by atoms with Crippen molar-refractivity contribution in [3.63, 3.8) is 0 Å². The lowest BCUT2D eigenvalue weighted by molar-refractivity contribution is -0.143. The summed E-state index contributed by atoms with van der Waals surface area (Å²) < 4.78 is 0. The number of amides is 9. The molecule has 2 aliphatic heterocycles. The SMILES string of the molecule is CC(=O)N[C@@H](CCCNC(=N)N)C(=O)N[C@H]1CCC(=O)NCCC[C@@H](C(N)=O)NC(=O)[C@H](Cc2c[nH]c3ccccc23)NC(=O)[C@H](CCCNC(=N)N)NC(=O)[C@@H](Cc2ccc(C#N)cc2)NC(=O)[C@@H]2CCCN2C1=O. The van der Waals surface area contributed by atoms with Crippen LogP contribution in [0, 0.1) is 22.1 Å². The van der Waals surface area contributed by atoms with Gasteiger partial charge in [-0.25, -0.2) is 0 Å². The molecule has 0 unspecified atom stereocenters. The molecule has 0 radical (unpaired) electrons. The van der Waals surface area contributed by atoms with E-state index in [-0.39, 0.29) is 109 Å². The van der Waals surface area contributed by atoms with Gasteiger partial charge in [0.05, 0.1) is 11.6 Å². The lowest BCUT2D eigenvalue weighted by atomic mass is 10.0. The molecular formula is C50H69N17O9. The molecule has 7 atom stereocenters. The Morgan fingerprint density at radius 2 is 1.43 bits per heavy atom. The van der Waals surface area contributed by atoms with Gasteiger partial charge in [-0.1, -0.05) is 30.3 Å². The van der Waals surface area contributed by atoms with Crippen LogP contribution in [0.15, 0.2) is 54.7 Å². The van der Waals surface area contributed by atoms with E-state index in [9.17, 15) is 48.4 Å². The van der Waals surface area contributed by atoms with Crippen molar-refractivity contribution in [1.29, 1.82) is 16.1 Å². The molecule has 2 saturated heterocycles. The molecule has 76 heavy (non-hydrogen) atoms. The second kappa shape index (κ2) is 28.6. The van der Waals surface area contributed by atoms with Crippen LogP contribution in [0.5, 0.6) is 0 Å². The summed E-state index contributed by atoms with van der Waals surface area (Å²) in [5, 5.41) is 49.5. The van der Waals surface area contributed by atoms with Gasteiger partial charge in [0.25, 0.3) is 0 Å². The molecule has 2 aromatic carbocycles. The van der Waals surface area contributed by atoms with Gasteiger partial charge in [0.1, 0.15) is 42.3 Å². The number of rotatable bonds is 16. The highest BCUT2D eigenvalue weighted by molar-refractivity contribution is 5.98. The molecule has 408 valence electrons. The fourth-order valence-electron chi connectivity index (χ4n) is 9.03. The van der Waals surface area contributed by atoms with E-state index >= 15 is 0 Å². The third kappa shape index (κ3) is 17.7. The van der Waals surface area contributed by atoms with E-state index in [1.807, 2.05) is 24.3 Å². The molecule has 9 amide bonds. The Morgan fingerprint density at radius 3 is 2.12 bits per heavy atom. The molecule has 5 rings (SSSR count). The number of primary amides is 1. The van der Waals surface area contributed by atoms with E-state index in [2.05, 4.69) is 52.8 Å². The van der Waals surface area contributed by atoms with Gasteiger partial charge in [0.15, 0.2) is 11.9 Å². The Labute approximate surface area is 438 Å². The van der Waals surface area contributed by atoms with E-state index in [1.165, 1.54) is 24.0 Å². The van der Waals surface area contributed by atoms with Crippen LogP contribution >= 0.6 is 0 Å². The highest BCUT2D eigenvalue weighted by Crippen LogP contribution is 2.22. The Morgan fingerprint density at radius 1 is 0.789 bits per heavy atom. The van der Waals surface area contributed by atoms with E-state index < -0.39 is 95.5 Å². The maximum atomic E-state index is 14.7.